The van der Waals surface area contributed by atoms with Gasteiger partial charge >= 0.3 is 6.03 Å². The van der Waals surface area contributed by atoms with Crippen molar-refractivity contribution < 1.29 is 14.3 Å². The first-order valence-corrected chi connectivity index (χ1v) is 7.53. The smallest absolute Gasteiger partial charge is 0.323 e. The van der Waals surface area contributed by atoms with E-state index < -0.39 is 18.0 Å². The summed E-state index contributed by atoms with van der Waals surface area (Å²) in [5.74, 6) is -0.493. The zero-order valence-corrected chi connectivity index (χ0v) is 14.0. The lowest BCUT2D eigenvalue weighted by molar-refractivity contribution is 0.116. The molecule has 1 unspecified atom stereocenters. The third kappa shape index (κ3) is 5.32. The van der Waals surface area contributed by atoms with Gasteiger partial charge in [-0.1, -0.05) is 6.07 Å². The molecule has 0 fully saturated rings. The van der Waals surface area contributed by atoms with Crippen molar-refractivity contribution in [1.29, 1.82) is 0 Å². The summed E-state index contributed by atoms with van der Waals surface area (Å²) in [6.07, 6.45) is 2.50. The van der Waals surface area contributed by atoms with E-state index in [0.717, 1.165) is 5.56 Å². The predicted octanol–water partition coefficient (Wildman–Crippen LogP) is 1.90. The first kappa shape index (κ1) is 17.9. The number of aliphatic hydroxyl groups is 1. The van der Waals surface area contributed by atoms with Gasteiger partial charge in [0.1, 0.15) is 5.82 Å². The number of likely N-dealkylation sites (N-methyl/N-ethyl adjacent to an activating group) is 1. The molecule has 0 aliphatic heterocycles. The van der Waals surface area contributed by atoms with Crippen LogP contribution in [0.4, 0.5) is 20.6 Å². The molecule has 1 aromatic carbocycles. The maximum absolute atomic E-state index is 13.7. The van der Waals surface area contributed by atoms with Crippen LogP contribution in [-0.4, -0.2) is 52.6 Å². The second kappa shape index (κ2) is 7.89. The number of carbonyl (C=O) groups is 1. The predicted molar refractivity (Wildman–Crippen MR) is 90.6 cm³/mol. The monoisotopic (exact) mass is 335 g/mol. The molecule has 24 heavy (non-hydrogen) atoms. The van der Waals surface area contributed by atoms with Crippen LogP contribution in [0.3, 0.4) is 0 Å². The van der Waals surface area contributed by atoms with Gasteiger partial charge in [-0.15, -0.1) is 0 Å². The molecule has 7 nitrogen and oxygen atoms in total. The van der Waals surface area contributed by atoms with Crippen molar-refractivity contribution >= 4 is 17.4 Å². The quantitative estimate of drug-likeness (QED) is 0.753. The topological polar surface area (TPSA) is 82.4 Å². The number of aliphatic hydroxyl groups excluding tert-OH is 1. The molecule has 0 radical (unpaired) electrons. The van der Waals surface area contributed by atoms with Gasteiger partial charge in [-0.3, -0.25) is 4.68 Å². The van der Waals surface area contributed by atoms with Gasteiger partial charge in [-0.05, 0) is 38.7 Å². The van der Waals surface area contributed by atoms with Crippen LogP contribution in [0.15, 0.2) is 30.6 Å². The highest BCUT2D eigenvalue weighted by atomic mass is 19.1. The van der Waals surface area contributed by atoms with E-state index in [1.165, 1.54) is 23.0 Å². The van der Waals surface area contributed by atoms with Gasteiger partial charge in [-0.25, -0.2) is 9.18 Å². The lowest BCUT2D eigenvalue weighted by Gasteiger charge is -2.15. The molecule has 3 N–H and O–H groups in total. The number of aromatic nitrogens is 2. The van der Waals surface area contributed by atoms with Crippen LogP contribution in [0.2, 0.25) is 0 Å². The Hall–Kier alpha value is -2.45. The largest absolute Gasteiger partial charge is 0.390 e. The minimum Gasteiger partial charge on any atom is -0.390 e. The van der Waals surface area contributed by atoms with Crippen LogP contribution in [0.25, 0.3) is 0 Å². The first-order valence-electron chi connectivity index (χ1n) is 7.53. The molecule has 0 bridgehead atoms. The fourth-order valence-corrected chi connectivity index (χ4v) is 2.23. The average molecular weight is 335 g/mol. The maximum atomic E-state index is 13.7. The molecule has 0 saturated heterocycles. The summed E-state index contributed by atoms with van der Waals surface area (Å²) in [6, 6.07) is 4.00. The highest BCUT2D eigenvalue weighted by molar-refractivity contribution is 5.99. The molecule has 0 aliphatic rings. The van der Waals surface area contributed by atoms with Gasteiger partial charge in [0, 0.05) is 12.7 Å². The van der Waals surface area contributed by atoms with Crippen LogP contribution in [0.5, 0.6) is 0 Å². The normalized spacial score (nSPS) is 12.2. The van der Waals surface area contributed by atoms with Crippen molar-refractivity contribution in [2.75, 3.05) is 31.3 Å². The van der Waals surface area contributed by atoms with E-state index >= 15 is 0 Å². The fourth-order valence-electron chi connectivity index (χ4n) is 2.23. The summed E-state index contributed by atoms with van der Waals surface area (Å²) in [5, 5.41) is 19.0. The summed E-state index contributed by atoms with van der Waals surface area (Å²) >= 11 is 0. The molecule has 0 saturated carbocycles. The Morgan fingerprint density at radius 1 is 1.42 bits per heavy atom. The van der Waals surface area contributed by atoms with Gasteiger partial charge in [0.05, 0.1) is 30.2 Å². The molecule has 1 aromatic heterocycles. The first-order chi connectivity index (χ1) is 11.3. The van der Waals surface area contributed by atoms with Crippen LogP contribution >= 0.6 is 0 Å². The van der Waals surface area contributed by atoms with Crippen LogP contribution in [0.1, 0.15) is 5.56 Å². The standard InChI is InChI=1S/C16H22FN5O2/c1-11-4-5-15(14(17)6-11)20-16(24)19-12-7-18-22(8-12)10-13(23)9-21(2)3/h4-8,13,23H,9-10H2,1-3H3,(H2,19,20,24). The van der Waals surface area contributed by atoms with Crippen molar-refractivity contribution in [1.82, 2.24) is 14.7 Å². The Bertz CT molecular complexity index is 702. The van der Waals surface area contributed by atoms with E-state index in [9.17, 15) is 14.3 Å². The Morgan fingerprint density at radius 2 is 2.17 bits per heavy atom. The Morgan fingerprint density at radius 3 is 2.83 bits per heavy atom. The zero-order valence-electron chi connectivity index (χ0n) is 14.0. The van der Waals surface area contributed by atoms with Crippen molar-refractivity contribution in [3.63, 3.8) is 0 Å². The number of benzene rings is 1. The molecular formula is C16H22FN5O2. The highest BCUT2D eigenvalue weighted by Crippen LogP contribution is 2.15. The van der Waals surface area contributed by atoms with Crippen molar-refractivity contribution in [2.45, 2.75) is 19.6 Å². The number of halogens is 1. The second-order valence-electron chi connectivity index (χ2n) is 5.93. The van der Waals surface area contributed by atoms with Gasteiger partial charge in [0.2, 0.25) is 0 Å². The number of aryl methyl sites for hydroxylation is 1. The third-order valence-electron chi connectivity index (χ3n) is 3.24. The molecule has 2 amide bonds. The summed E-state index contributed by atoms with van der Waals surface area (Å²) < 4.78 is 15.2. The van der Waals surface area contributed by atoms with Crippen LogP contribution in [-0.2, 0) is 6.54 Å². The van der Waals surface area contributed by atoms with E-state index in [0.29, 0.717) is 18.8 Å². The summed E-state index contributed by atoms with van der Waals surface area (Å²) in [6.45, 7) is 2.59. The van der Waals surface area contributed by atoms with Gasteiger partial charge < -0.3 is 20.6 Å². The Balaban J connectivity index is 1.90. The fraction of sp³-hybridized carbons (Fsp3) is 0.375. The zero-order chi connectivity index (χ0) is 17.7. The number of rotatable bonds is 6. The molecule has 2 rings (SSSR count). The van der Waals surface area contributed by atoms with Crippen LogP contribution in [0, 0.1) is 12.7 Å². The summed E-state index contributed by atoms with van der Waals surface area (Å²) in [5.41, 5.74) is 1.33. The number of nitrogens with zero attached hydrogens (tertiary/aromatic N) is 3. The number of hydrogen-bond acceptors (Lipinski definition) is 4. The SMILES string of the molecule is Cc1ccc(NC(=O)Nc2cnn(CC(O)CN(C)C)c2)c(F)c1. The van der Waals surface area contributed by atoms with Crippen LogP contribution < -0.4 is 10.6 Å². The minimum absolute atomic E-state index is 0.104. The second-order valence-corrected chi connectivity index (χ2v) is 5.93. The van der Waals surface area contributed by atoms with E-state index in [1.807, 2.05) is 19.0 Å². The molecule has 0 aliphatic carbocycles. The number of anilines is 2. The lowest BCUT2D eigenvalue weighted by Crippen LogP contribution is -2.29. The summed E-state index contributed by atoms with van der Waals surface area (Å²) in [4.78, 5) is 13.8. The number of hydrogen-bond donors (Lipinski definition) is 3. The summed E-state index contributed by atoms with van der Waals surface area (Å²) in [7, 11) is 3.74. The number of amides is 2. The molecule has 1 heterocycles. The van der Waals surface area contributed by atoms with Crippen molar-refractivity contribution in [2.24, 2.45) is 0 Å². The average Bonchev–Trinajstić information content (AvgIpc) is 2.88. The van der Waals surface area contributed by atoms with Gasteiger partial charge in [-0.2, -0.15) is 5.10 Å². The molecule has 8 heteroatoms. The minimum atomic E-state index is -0.566. The van der Waals surface area contributed by atoms with Gasteiger partial charge in [0.15, 0.2) is 0 Å². The third-order valence-corrected chi connectivity index (χ3v) is 3.24. The Kier molecular flexibility index (Phi) is 5.88. The molecular weight excluding hydrogens is 313 g/mol. The number of nitrogens with one attached hydrogen (secondary N) is 2. The lowest BCUT2D eigenvalue weighted by atomic mass is 10.2. The van der Waals surface area contributed by atoms with E-state index in [1.54, 1.807) is 19.2 Å². The number of carbonyl (C=O) groups excluding carboxylic acids is 1. The molecule has 130 valence electrons. The molecule has 1 atom stereocenters. The highest BCUT2D eigenvalue weighted by Gasteiger charge is 2.10. The van der Waals surface area contributed by atoms with Crippen molar-refractivity contribution in [3.8, 4) is 0 Å². The molecule has 2 aromatic rings. The van der Waals surface area contributed by atoms with E-state index in [2.05, 4.69) is 15.7 Å². The van der Waals surface area contributed by atoms with E-state index in [-0.39, 0.29) is 5.69 Å². The number of urea groups is 1. The van der Waals surface area contributed by atoms with Gasteiger partial charge in [0.25, 0.3) is 0 Å². The maximum Gasteiger partial charge on any atom is 0.323 e. The Labute approximate surface area is 140 Å². The molecule has 0 spiro atoms. The van der Waals surface area contributed by atoms with E-state index in [4.69, 9.17) is 0 Å². The van der Waals surface area contributed by atoms with Crippen molar-refractivity contribution in [3.05, 3.63) is 42.0 Å².